The van der Waals surface area contributed by atoms with Gasteiger partial charge in [-0.25, -0.2) is 13.1 Å². The minimum absolute atomic E-state index is 0.173. The molecule has 0 amide bonds. The molecule has 0 aliphatic heterocycles. The quantitative estimate of drug-likeness (QED) is 0.463. The second-order valence-corrected chi connectivity index (χ2v) is 8.37. The van der Waals surface area contributed by atoms with Gasteiger partial charge in [-0.3, -0.25) is 0 Å². The summed E-state index contributed by atoms with van der Waals surface area (Å²) in [5.74, 6) is 1.47. The monoisotopic (exact) mass is 407 g/mol. The van der Waals surface area contributed by atoms with Gasteiger partial charge in [0.25, 0.3) is 0 Å². The van der Waals surface area contributed by atoms with Crippen LogP contribution in [0.25, 0.3) is 21.5 Å². The van der Waals surface area contributed by atoms with Crippen LogP contribution in [0, 0.1) is 0 Å². The maximum absolute atomic E-state index is 12.6. The second-order valence-electron chi connectivity index (χ2n) is 6.60. The minimum atomic E-state index is -3.63. The van der Waals surface area contributed by atoms with Crippen molar-refractivity contribution in [1.29, 1.82) is 0 Å². The molecule has 4 aromatic rings. The highest BCUT2D eigenvalue weighted by molar-refractivity contribution is 7.89. The zero-order valence-corrected chi connectivity index (χ0v) is 16.8. The van der Waals surface area contributed by atoms with E-state index in [-0.39, 0.29) is 18.0 Å². The van der Waals surface area contributed by atoms with Crippen molar-refractivity contribution < 1.29 is 17.9 Å². The van der Waals surface area contributed by atoms with Crippen LogP contribution in [-0.2, 0) is 10.0 Å². The summed E-state index contributed by atoms with van der Waals surface area (Å²) in [5, 5.41) is 3.84. The number of sulfonamides is 1. The first-order valence-corrected chi connectivity index (χ1v) is 10.7. The number of ether oxygens (including phenoxy) is 2. The summed E-state index contributed by atoms with van der Waals surface area (Å²) in [6.07, 6.45) is 0. The summed E-state index contributed by atoms with van der Waals surface area (Å²) in [5.41, 5.74) is 0. The van der Waals surface area contributed by atoms with Gasteiger partial charge in [0.05, 0.1) is 12.0 Å². The summed E-state index contributed by atoms with van der Waals surface area (Å²) in [4.78, 5) is 0.223. The van der Waals surface area contributed by atoms with Crippen LogP contribution in [0.2, 0.25) is 0 Å². The lowest BCUT2D eigenvalue weighted by Crippen LogP contribution is -2.28. The lowest BCUT2D eigenvalue weighted by atomic mass is 10.1. The van der Waals surface area contributed by atoms with E-state index >= 15 is 0 Å². The molecule has 5 nitrogen and oxygen atoms in total. The SMILES string of the molecule is COc1ccc2cc(S(=O)(=O)NCCOc3cccc4ccccc34)ccc2c1. The molecule has 0 saturated carbocycles. The van der Waals surface area contributed by atoms with E-state index in [9.17, 15) is 8.42 Å². The van der Waals surface area contributed by atoms with Gasteiger partial charge in [0.15, 0.2) is 0 Å². The molecule has 0 spiro atoms. The third-order valence-corrected chi connectivity index (χ3v) is 6.19. The fourth-order valence-electron chi connectivity index (χ4n) is 3.24. The third-order valence-electron chi connectivity index (χ3n) is 4.73. The van der Waals surface area contributed by atoms with Crippen molar-refractivity contribution >= 4 is 31.6 Å². The van der Waals surface area contributed by atoms with E-state index in [1.807, 2.05) is 60.7 Å². The van der Waals surface area contributed by atoms with Crippen LogP contribution in [-0.4, -0.2) is 28.7 Å². The zero-order chi connectivity index (χ0) is 20.3. The summed E-state index contributed by atoms with van der Waals surface area (Å²) < 4.78 is 38.9. The molecule has 148 valence electrons. The van der Waals surface area contributed by atoms with Crippen molar-refractivity contribution in [3.05, 3.63) is 78.9 Å². The Kier molecular flexibility index (Phi) is 5.38. The van der Waals surface area contributed by atoms with Crippen LogP contribution < -0.4 is 14.2 Å². The van der Waals surface area contributed by atoms with E-state index in [0.29, 0.717) is 0 Å². The Morgan fingerprint density at radius 3 is 2.45 bits per heavy atom. The Hall–Kier alpha value is -3.09. The molecule has 4 rings (SSSR count). The fourth-order valence-corrected chi connectivity index (χ4v) is 4.29. The number of nitrogens with one attached hydrogen (secondary N) is 1. The van der Waals surface area contributed by atoms with Crippen molar-refractivity contribution in [3.8, 4) is 11.5 Å². The van der Waals surface area contributed by atoms with Gasteiger partial charge in [-0.2, -0.15) is 0 Å². The second kappa shape index (κ2) is 8.11. The Labute approximate surface area is 169 Å². The number of rotatable bonds is 7. The molecule has 0 heterocycles. The highest BCUT2D eigenvalue weighted by Crippen LogP contribution is 2.25. The van der Waals surface area contributed by atoms with E-state index in [4.69, 9.17) is 9.47 Å². The predicted molar refractivity (Wildman–Crippen MR) is 115 cm³/mol. The average molecular weight is 407 g/mol. The molecule has 0 fully saturated rings. The van der Waals surface area contributed by atoms with Gasteiger partial charge in [0, 0.05) is 11.9 Å². The van der Waals surface area contributed by atoms with Gasteiger partial charge in [0.2, 0.25) is 10.0 Å². The first-order valence-electron chi connectivity index (χ1n) is 9.25. The summed E-state index contributed by atoms with van der Waals surface area (Å²) in [6, 6.07) is 24.3. The fraction of sp³-hybridized carbons (Fsp3) is 0.130. The topological polar surface area (TPSA) is 64.6 Å². The third kappa shape index (κ3) is 4.18. The van der Waals surface area contributed by atoms with Gasteiger partial charge in [-0.05, 0) is 46.5 Å². The number of methoxy groups -OCH3 is 1. The van der Waals surface area contributed by atoms with Crippen LogP contribution in [0.3, 0.4) is 0 Å². The van der Waals surface area contributed by atoms with Crippen molar-refractivity contribution in [1.82, 2.24) is 4.72 Å². The largest absolute Gasteiger partial charge is 0.497 e. The smallest absolute Gasteiger partial charge is 0.240 e. The number of hydrogen-bond acceptors (Lipinski definition) is 4. The van der Waals surface area contributed by atoms with Crippen molar-refractivity contribution in [2.45, 2.75) is 4.90 Å². The molecule has 0 saturated heterocycles. The van der Waals surface area contributed by atoms with Crippen LogP contribution in [0.5, 0.6) is 11.5 Å². The molecule has 6 heteroatoms. The maximum atomic E-state index is 12.6. The van der Waals surface area contributed by atoms with Crippen LogP contribution in [0.4, 0.5) is 0 Å². The standard InChI is InChI=1S/C23H21NO4S/c1-27-20-11-9-19-16-21(12-10-18(19)15-20)29(25,26)24-13-14-28-23-8-4-6-17-5-2-3-7-22(17)23/h2-12,15-16,24H,13-14H2,1H3. The van der Waals surface area contributed by atoms with Crippen molar-refractivity contribution in [3.63, 3.8) is 0 Å². The lowest BCUT2D eigenvalue weighted by molar-refractivity contribution is 0.326. The Morgan fingerprint density at radius 1 is 0.828 bits per heavy atom. The molecule has 29 heavy (non-hydrogen) atoms. The summed E-state index contributed by atoms with van der Waals surface area (Å²) in [7, 11) is -2.02. The van der Waals surface area contributed by atoms with Gasteiger partial charge in [-0.1, -0.05) is 48.5 Å². The molecule has 0 unspecified atom stereocenters. The molecule has 1 N–H and O–H groups in total. The number of fused-ring (bicyclic) bond motifs is 2. The molecule has 0 aliphatic carbocycles. The number of hydrogen-bond donors (Lipinski definition) is 1. The normalized spacial score (nSPS) is 11.6. The van der Waals surface area contributed by atoms with Gasteiger partial charge < -0.3 is 9.47 Å². The Balaban J connectivity index is 1.43. The first-order chi connectivity index (χ1) is 14.1. The van der Waals surface area contributed by atoms with E-state index < -0.39 is 10.0 Å². The average Bonchev–Trinajstić information content (AvgIpc) is 2.76. The molecule has 0 radical (unpaired) electrons. The molecule has 0 atom stereocenters. The van der Waals surface area contributed by atoms with Crippen LogP contribution in [0.15, 0.2) is 83.8 Å². The lowest BCUT2D eigenvalue weighted by Gasteiger charge is -2.11. The Bertz CT molecular complexity index is 1260. The molecular weight excluding hydrogens is 386 g/mol. The molecule has 4 aromatic carbocycles. The van der Waals surface area contributed by atoms with Crippen LogP contribution in [0.1, 0.15) is 0 Å². The van der Waals surface area contributed by atoms with Gasteiger partial charge in [0.1, 0.15) is 18.1 Å². The maximum Gasteiger partial charge on any atom is 0.240 e. The minimum Gasteiger partial charge on any atom is -0.497 e. The highest BCUT2D eigenvalue weighted by atomic mass is 32.2. The molecule has 0 aliphatic rings. The summed E-state index contributed by atoms with van der Waals surface area (Å²) >= 11 is 0. The van der Waals surface area contributed by atoms with E-state index in [0.717, 1.165) is 33.0 Å². The molecular formula is C23H21NO4S. The summed E-state index contributed by atoms with van der Waals surface area (Å²) in [6.45, 7) is 0.407. The zero-order valence-electron chi connectivity index (χ0n) is 16.0. The van der Waals surface area contributed by atoms with Gasteiger partial charge >= 0.3 is 0 Å². The first kappa shape index (κ1) is 19.2. The molecule has 0 aromatic heterocycles. The van der Waals surface area contributed by atoms with Crippen molar-refractivity contribution in [2.75, 3.05) is 20.3 Å². The van der Waals surface area contributed by atoms with E-state index in [1.165, 1.54) is 0 Å². The van der Waals surface area contributed by atoms with E-state index in [1.54, 1.807) is 25.3 Å². The van der Waals surface area contributed by atoms with Crippen LogP contribution >= 0.6 is 0 Å². The van der Waals surface area contributed by atoms with Gasteiger partial charge in [-0.15, -0.1) is 0 Å². The Morgan fingerprint density at radius 2 is 1.59 bits per heavy atom. The highest BCUT2D eigenvalue weighted by Gasteiger charge is 2.14. The van der Waals surface area contributed by atoms with E-state index in [2.05, 4.69) is 4.72 Å². The van der Waals surface area contributed by atoms with Crippen molar-refractivity contribution in [2.24, 2.45) is 0 Å². The number of benzene rings is 4. The predicted octanol–water partition coefficient (Wildman–Crippen LogP) is 4.36. The molecule has 0 bridgehead atoms.